The normalized spacial score (nSPS) is 13.9. The van der Waals surface area contributed by atoms with Crippen molar-refractivity contribution in [2.24, 2.45) is 11.3 Å². The van der Waals surface area contributed by atoms with Crippen LogP contribution in [0.1, 0.15) is 52.9 Å². The van der Waals surface area contributed by atoms with Crippen molar-refractivity contribution < 1.29 is 48.4 Å². The van der Waals surface area contributed by atoms with Crippen molar-refractivity contribution in [2.75, 3.05) is 33.5 Å². The first-order valence-corrected chi connectivity index (χ1v) is 11.3. The van der Waals surface area contributed by atoms with Crippen LogP contribution in [0.2, 0.25) is 0 Å². The zero-order chi connectivity index (χ0) is 25.7. The van der Waals surface area contributed by atoms with E-state index in [1.165, 1.54) is 7.11 Å². The van der Waals surface area contributed by atoms with Gasteiger partial charge in [0.2, 0.25) is 5.91 Å². The molecule has 0 rings (SSSR count). The molecule has 0 heterocycles. The van der Waals surface area contributed by atoms with Crippen LogP contribution in [-0.4, -0.2) is 77.8 Å². The number of halogens is 1. The van der Waals surface area contributed by atoms with Crippen LogP contribution < -0.4 is 5.32 Å². The predicted molar refractivity (Wildman–Crippen MR) is 119 cm³/mol. The van der Waals surface area contributed by atoms with Gasteiger partial charge in [-0.1, -0.05) is 15.9 Å². The van der Waals surface area contributed by atoms with Gasteiger partial charge in [0.1, 0.15) is 17.5 Å². The number of aliphatic hydroxyl groups is 1. The van der Waals surface area contributed by atoms with E-state index in [0.717, 1.165) is 0 Å². The molecule has 0 fully saturated rings. The summed E-state index contributed by atoms with van der Waals surface area (Å²) in [6, 6.07) is 0. The molecule has 0 aromatic rings. The number of esters is 3. The molecule has 190 valence electrons. The van der Waals surface area contributed by atoms with Crippen molar-refractivity contribution in [3.05, 3.63) is 0 Å². The van der Waals surface area contributed by atoms with Crippen molar-refractivity contribution in [1.82, 2.24) is 5.32 Å². The largest absolute Gasteiger partial charge is 0.481 e. The lowest BCUT2D eigenvalue weighted by molar-refractivity contribution is -0.154. The predicted octanol–water partition coefficient (Wildman–Crippen LogP) is 1.19. The highest BCUT2D eigenvalue weighted by Crippen LogP contribution is 2.33. The number of carboxylic acid groups (broad SMARTS) is 1. The van der Waals surface area contributed by atoms with E-state index in [4.69, 9.17) is 24.4 Å². The van der Waals surface area contributed by atoms with Crippen LogP contribution in [0.3, 0.4) is 0 Å². The van der Waals surface area contributed by atoms with Crippen molar-refractivity contribution in [3.63, 3.8) is 0 Å². The number of methoxy groups -OCH3 is 1. The quantitative estimate of drug-likeness (QED) is 0.112. The minimum Gasteiger partial charge on any atom is -0.481 e. The summed E-state index contributed by atoms with van der Waals surface area (Å²) in [5.74, 6) is -3.92. The number of nitrogens with one attached hydrogen (secondary N) is 1. The van der Waals surface area contributed by atoms with Crippen molar-refractivity contribution >= 4 is 45.7 Å². The van der Waals surface area contributed by atoms with Crippen molar-refractivity contribution in [1.29, 1.82) is 0 Å². The maximum Gasteiger partial charge on any atom is 0.322 e. The lowest BCUT2D eigenvalue weighted by atomic mass is 9.79. The Morgan fingerprint density at radius 3 is 2.15 bits per heavy atom. The summed E-state index contributed by atoms with van der Waals surface area (Å²) in [4.78, 5) is 58.8. The summed E-state index contributed by atoms with van der Waals surface area (Å²) in [5.41, 5.74) is -0.941. The summed E-state index contributed by atoms with van der Waals surface area (Å²) in [6.45, 7) is 4.29. The number of carbonyl (C=O) groups excluding carboxylic acids is 4. The fraction of sp³-hybridized carbons (Fsp3) is 0.762. The molecule has 0 aliphatic carbocycles. The number of aliphatic hydroxyl groups excluding tert-OH is 1. The van der Waals surface area contributed by atoms with Gasteiger partial charge in [0.05, 0.1) is 32.0 Å². The van der Waals surface area contributed by atoms with Crippen LogP contribution in [0.15, 0.2) is 0 Å². The Hall–Kier alpha value is -2.21. The summed E-state index contributed by atoms with van der Waals surface area (Å²) in [6.07, 6.45) is -0.0300. The molecule has 0 radical (unpaired) electrons. The molecule has 0 aromatic carbocycles. The van der Waals surface area contributed by atoms with Crippen LogP contribution in [0, 0.1) is 11.3 Å². The molecule has 0 aliphatic rings. The zero-order valence-electron chi connectivity index (χ0n) is 19.5. The van der Waals surface area contributed by atoms with Crippen molar-refractivity contribution in [2.45, 2.75) is 57.2 Å². The van der Waals surface area contributed by atoms with Gasteiger partial charge in [-0.25, -0.2) is 0 Å². The van der Waals surface area contributed by atoms with E-state index in [1.807, 2.05) is 0 Å². The maximum absolute atomic E-state index is 12.6. The minimum absolute atomic E-state index is 0.0623. The Bertz CT molecular complexity index is 693. The van der Waals surface area contributed by atoms with Gasteiger partial charge in [0.25, 0.3) is 0 Å². The number of hydrogen-bond donors (Lipinski definition) is 3. The third-order valence-corrected chi connectivity index (χ3v) is 5.51. The molecular formula is C21H34BrNO10. The summed E-state index contributed by atoms with van der Waals surface area (Å²) in [7, 11) is 1.26. The molecule has 11 nitrogen and oxygen atoms in total. The summed E-state index contributed by atoms with van der Waals surface area (Å²) in [5, 5.41) is 20.1. The molecule has 33 heavy (non-hydrogen) atoms. The van der Waals surface area contributed by atoms with Gasteiger partial charge in [-0.2, -0.15) is 0 Å². The molecule has 12 heteroatoms. The van der Waals surface area contributed by atoms with Crippen LogP contribution in [0.25, 0.3) is 0 Å². The topological polar surface area (TPSA) is 166 Å². The highest BCUT2D eigenvalue weighted by molar-refractivity contribution is 9.10. The Morgan fingerprint density at radius 1 is 1.00 bits per heavy atom. The standard InChI is InChI=1S/C21H34BrNO10/c1-20(2,18(29)31-4)13-14(17(28)23-9-10-24)7-8-21(3,22)19(30)33-12-11-32-16(27)6-5-15(25)26/h14,24H,5-13H2,1-4H3,(H,23,28)(H,25,26). The fourth-order valence-corrected chi connectivity index (χ4v) is 3.24. The number of hydrogen-bond acceptors (Lipinski definition) is 9. The molecule has 2 atom stereocenters. The number of alkyl halides is 1. The number of carboxylic acids is 1. The van der Waals surface area contributed by atoms with E-state index in [0.29, 0.717) is 0 Å². The van der Waals surface area contributed by atoms with Crippen molar-refractivity contribution in [3.8, 4) is 0 Å². The smallest absolute Gasteiger partial charge is 0.322 e. The molecule has 0 aliphatic heterocycles. The Labute approximate surface area is 201 Å². The second-order valence-electron chi connectivity index (χ2n) is 8.28. The van der Waals surface area contributed by atoms with Gasteiger partial charge in [0, 0.05) is 12.5 Å². The first kappa shape index (κ1) is 30.8. The number of amides is 1. The first-order chi connectivity index (χ1) is 15.3. The molecule has 0 aromatic heterocycles. The van der Waals surface area contributed by atoms with Gasteiger partial charge >= 0.3 is 23.9 Å². The molecule has 0 spiro atoms. The SMILES string of the molecule is COC(=O)C(C)(C)CC(CCC(C)(Br)C(=O)OCCOC(=O)CCC(=O)O)C(=O)NCCO. The van der Waals surface area contributed by atoms with Gasteiger partial charge in [-0.05, 0) is 40.0 Å². The lowest BCUT2D eigenvalue weighted by Gasteiger charge is -2.28. The summed E-state index contributed by atoms with van der Waals surface area (Å²) >= 11 is 3.31. The van der Waals surface area contributed by atoms with Crippen LogP contribution in [0.5, 0.6) is 0 Å². The maximum atomic E-state index is 12.6. The minimum atomic E-state index is -1.15. The van der Waals surface area contributed by atoms with Gasteiger partial charge in [0.15, 0.2) is 0 Å². The Morgan fingerprint density at radius 2 is 1.61 bits per heavy atom. The first-order valence-electron chi connectivity index (χ1n) is 10.5. The highest BCUT2D eigenvalue weighted by atomic mass is 79.9. The van der Waals surface area contributed by atoms with Crippen LogP contribution in [-0.2, 0) is 38.2 Å². The lowest BCUT2D eigenvalue weighted by Crippen LogP contribution is -2.39. The van der Waals surface area contributed by atoms with E-state index in [9.17, 15) is 24.0 Å². The molecule has 1 amide bonds. The summed E-state index contributed by atoms with van der Waals surface area (Å²) < 4.78 is 13.6. The number of carbonyl (C=O) groups is 5. The third-order valence-electron chi connectivity index (χ3n) is 4.79. The average molecular weight is 540 g/mol. The van der Waals surface area contributed by atoms with Gasteiger partial charge < -0.3 is 29.7 Å². The number of aliphatic carboxylic acids is 1. The van der Waals surface area contributed by atoms with E-state index >= 15 is 0 Å². The second kappa shape index (κ2) is 14.8. The highest BCUT2D eigenvalue weighted by Gasteiger charge is 2.38. The molecule has 2 unspecified atom stereocenters. The number of ether oxygens (including phenoxy) is 3. The van der Waals surface area contributed by atoms with Crippen LogP contribution >= 0.6 is 15.9 Å². The average Bonchev–Trinajstić information content (AvgIpc) is 2.75. The fourth-order valence-electron chi connectivity index (χ4n) is 2.89. The van der Waals surface area contributed by atoms with E-state index in [-0.39, 0.29) is 64.4 Å². The molecule has 0 saturated carbocycles. The Kier molecular flexibility index (Phi) is 13.8. The van der Waals surface area contributed by atoms with E-state index in [1.54, 1.807) is 20.8 Å². The second-order valence-corrected chi connectivity index (χ2v) is 10.0. The van der Waals surface area contributed by atoms with Gasteiger partial charge in [-0.15, -0.1) is 0 Å². The Balaban J connectivity index is 4.84. The number of rotatable bonds is 16. The zero-order valence-corrected chi connectivity index (χ0v) is 21.1. The molecule has 3 N–H and O–H groups in total. The third kappa shape index (κ3) is 12.6. The van der Waals surface area contributed by atoms with Crippen LogP contribution in [0.4, 0.5) is 0 Å². The van der Waals surface area contributed by atoms with Gasteiger partial charge in [-0.3, -0.25) is 24.0 Å². The van der Waals surface area contributed by atoms with E-state index in [2.05, 4.69) is 21.2 Å². The van der Waals surface area contributed by atoms with E-state index < -0.39 is 39.5 Å². The monoisotopic (exact) mass is 539 g/mol. The molecular weight excluding hydrogens is 506 g/mol. The molecule has 0 bridgehead atoms. The molecule has 0 saturated heterocycles.